The second kappa shape index (κ2) is 10.8. The van der Waals surface area contributed by atoms with Crippen molar-refractivity contribution in [2.24, 2.45) is 0 Å². The van der Waals surface area contributed by atoms with E-state index in [0.29, 0.717) is 0 Å². The zero-order valence-corrected chi connectivity index (χ0v) is 22.0. The van der Waals surface area contributed by atoms with E-state index in [2.05, 4.69) is 0 Å². The molecule has 1 aliphatic rings. The van der Waals surface area contributed by atoms with Gasteiger partial charge in [0, 0.05) is 29.7 Å². The highest BCUT2D eigenvalue weighted by atomic mass is 16.6. The number of ether oxygens (including phenoxy) is 3. The molecule has 228 valence electrons. The zero-order chi connectivity index (χ0) is 32.0. The Bertz CT molecular complexity index is 1760. The minimum Gasteiger partial charge on any atom is -0.508 e. The molecule has 10 N–H and O–H groups in total. The first-order valence-corrected chi connectivity index (χ1v) is 12.4. The summed E-state index contributed by atoms with van der Waals surface area (Å²) in [5.41, 5.74) is -0.766. The minimum absolute atomic E-state index is 0.0406. The fraction of sp³-hybridized carbons (Fsp3) is 0.103. The predicted octanol–water partition coefficient (Wildman–Crippen LogP) is 2.86. The van der Waals surface area contributed by atoms with E-state index in [9.17, 15) is 60.7 Å². The number of fused-ring (bicyclic) bond motifs is 1. The second-order valence-electron chi connectivity index (χ2n) is 9.63. The lowest BCUT2D eigenvalue weighted by Crippen LogP contribution is -2.34. The van der Waals surface area contributed by atoms with Crippen LogP contribution >= 0.6 is 0 Å². The Morgan fingerprint density at radius 3 is 1.64 bits per heavy atom. The molecule has 2 atom stereocenters. The van der Waals surface area contributed by atoms with Gasteiger partial charge in [0.15, 0.2) is 52.1 Å². The number of phenolic OH excluding ortho intramolecular Hbond substituents is 10. The van der Waals surface area contributed by atoms with Gasteiger partial charge in [-0.15, -0.1) is 0 Å². The lowest BCUT2D eigenvalue weighted by atomic mass is 9.93. The summed E-state index contributed by atoms with van der Waals surface area (Å²) in [6.45, 7) is 0. The Labute approximate surface area is 245 Å². The van der Waals surface area contributed by atoms with Crippen molar-refractivity contribution in [3.05, 3.63) is 70.8 Å². The molecule has 0 aromatic heterocycles. The summed E-state index contributed by atoms with van der Waals surface area (Å²) < 4.78 is 16.5. The van der Waals surface area contributed by atoms with Crippen LogP contribution in [0.2, 0.25) is 0 Å². The molecule has 15 nitrogen and oxygen atoms in total. The quantitative estimate of drug-likeness (QED) is 0.0884. The molecule has 5 rings (SSSR count). The van der Waals surface area contributed by atoms with E-state index in [1.165, 1.54) is 0 Å². The molecule has 0 spiro atoms. The van der Waals surface area contributed by atoms with Crippen molar-refractivity contribution in [1.29, 1.82) is 0 Å². The average Bonchev–Trinajstić information content (AvgIpc) is 2.95. The van der Waals surface area contributed by atoms with E-state index in [0.717, 1.165) is 48.5 Å². The molecule has 0 radical (unpaired) electrons. The number of aromatic hydroxyl groups is 10. The summed E-state index contributed by atoms with van der Waals surface area (Å²) in [5.74, 6) is -10.6. The standard InChI is InChI=1S/C29H22O15/c30-13-7-15(31)14-9-23(43-28(40)11-3-16(32)24(38)17(33)4-11)26(42-22(14)8-13)10-1-20(36)27(21(37)2-10)44-29(41)12-5-18(34)25(39)19(35)6-12/h1-8,23,26,30-39H,9H2/t23-,26-/m1/s1. The van der Waals surface area contributed by atoms with Gasteiger partial charge in [-0.05, 0) is 36.4 Å². The lowest BCUT2D eigenvalue weighted by Gasteiger charge is -2.34. The highest BCUT2D eigenvalue weighted by Crippen LogP contribution is 2.47. The van der Waals surface area contributed by atoms with E-state index in [1.54, 1.807) is 0 Å². The third-order valence-electron chi connectivity index (χ3n) is 6.63. The van der Waals surface area contributed by atoms with Crippen LogP contribution in [0.3, 0.4) is 0 Å². The van der Waals surface area contributed by atoms with Crippen LogP contribution in [-0.4, -0.2) is 69.1 Å². The molecule has 0 saturated carbocycles. The van der Waals surface area contributed by atoms with Gasteiger partial charge in [-0.3, -0.25) is 0 Å². The van der Waals surface area contributed by atoms with Crippen molar-refractivity contribution >= 4 is 11.9 Å². The fourth-order valence-corrected chi connectivity index (χ4v) is 4.52. The molecule has 0 fully saturated rings. The summed E-state index contributed by atoms with van der Waals surface area (Å²) >= 11 is 0. The summed E-state index contributed by atoms with van der Waals surface area (Å²) in [5, 5.41) is 99.6. The SMILES string of the molecule is O=C(Oc1c(O)cc([C@H]2Oc3cc(O)cc(O)c3C[C@H]2OC(=O)c2cc(O)c(O)c(O)c2)cc1O)c1cc(O)c(O)c(O)c1. The molecule has 0 unspecified atom stereocenters. The van der Waals surface area contributed by atoms with E-state index >= 15 is 0 Å². The third kappa shape index (κ3) is 5.32. The largest absolute Gasteiger partial charge is 0.508 e. The van der Waals surface area contributed by atoms with Crippen LogP contribution < -0.4 is 9.47 Å². The topological polar surface area (TPSA) is 264 Å². The summed E-state index contributed by atoms with van der Waals surface area (Å²) in [6, 6.07) is 7.36. The molecule has 0 bridgehead atoms. The van der Waals surface area contributed by atoms with Crippen LogP contribution in [0.25, 0.3) is 0 Å². The molecule has 4 aromatic carbocycles. The Balaban J connectivity index is 1.49. The zero-order valence-electron chi connectivity index (χ0n) is 22.0. The third-order valence-corrected chi connectivity index (χ3v) is 6.63. The summed E-state index contributed by atoms with van der Waals surface area (Å²) in [4.78, 5) is 25.5. The van der Waals surface area contributed by atoms with Crippen LogP contribution in [0.5, 0.6) is 69.0 Å². The van der Waals surface area contributed by atoms with Crippen molar-refractivity contribution < 1.29 is 74.9 Å². The second-order valence-corrected chi connectivity index (χ2v) is 9.63. The van der Waals surface area contributed by atoms with E-state index < -0.39 is 87.2 Å². The molecular formula is C29H22O15. The van der Waals surface area contributed by atoms with Crippen LogP contribution in [0.4, 0.5) is 0 Å². The fourth-order valence-electron chi connectivity index (χ4n) is 4.52. The number of hydrogen-bond acceptors (Lipinski definition) is 15. The summed E-state index contributed by atoms with van der Waals surface area (Å²) in [7, 11) is 0. The molecule has 0 amide bonds. The molecule has 15 heteroatoms. The number of benzene rings is 4. The van der Waals surface area contributed by atoms with Gasteiger partial charge in [-0.25, -0.2) is 9.59 Å². The molecule has 1 heterocycles. The Hall–Kier alpha value is -6.38. The van der Waals surface area contributed by atoms with Crippen LogP contribution in [0.1, 0.15) is 37.9 Å². The number of esters is 2. The number of rotatable bonds is 5. The van der Waals surface area contributed by atoms with Gasteiger partial charge in [0.25, 0.3) is 0 Å². The maximum Gasteiger partial charge on any atom is 0.344 e. The molecule has 0 saturated heterocycles. The van der Waals surface area contributed by atoms with E-state index in [-0.39, 0.29) is 34.6 Å². The first kappa shape index (κ1) is 29.1. The molecular weight excluding hydrogens is 588 g/mol. The number of phenols is 10. The Morgan fingerprint density at radius 1 is 0.614 bits per heavy atom. The van der Waals surface area contributed by atoms with Gasteiger partial charge in [0.1, 0.15) is 23.4 Å². The molecule has 1 aliphatic heterocycles. The molecule has 0 aliphatic carbocycles. The normalized spacial score (nSPS) is 15.5. The van der Waals surface area contributed by atoms with Crippen molar-refractivity contribution in [3.63, 3.8) is 0 Å². The van der Waals surface area contributed by atoms with Gasteiger partial charge in [-0.1, -0.05) is 0 Å². The Kier molecular flexibility index (Phi) is 7.14. The Morgan fingerprint density at radius 2 is 1.11 bits per heavy atom. The number of carbonyl (C=O) groups is 2. The van der Waals surface area contributed by atoms with Crippen LogP contribution in [0.15, 0.2) is 48.5 Å². The van der Waals surface area contributed by atoms with Gasteiger partial charge >= 0.3 is 11.9 Å². The minimum atomic E-state index is -1.35. The van der Waals surface area contributed by atoms with Crippen molar-refractivity contribution in [2.75, 3.05) is 0 Å². The van der Waals surface area contributed by atoms with Crippen molar-refractivity contribution in [2.45, 2.75) is 18.6 Å². The highest BCUT2D eigenvalue weighted by Gasteiger charge is 2.38. The van der Waals surface area contributed by atoms with E-state index in [4.69, 9.17) is 14.2 Å². The van der Waals surface area contributed by atoms with Crippen molar-refractivity contribution in [1.82, 2.24) is 0 Å². The molecule has 44 heavy (non-hydrogen) atoms. The van der Waals surface area contributed by atoms with Crippen LogP contribution in [-0.2, 0) is 11.2 Å². The van der Waals surface area contributed by atoms with Gasteiger partial charge < -0.3 is 65.3 Å². The number of hydrogen-bond donors (Lipinski definition) is 10. The van der Waals surface area contributed by atoms with Gasteiger partial charge in [-0.2, -0.15) is 0 Å². The first-order valence-electron chi connectivity index (χ1n) is 12.4. The molecule has 4 aromatic rings. The number of carbonyl (C=O) groups excluding carboxylic acids is 2. The summed E-state index contributed by atoms with van der Waals surface area (Å²) in [6.07, 6.45) is -2.90. The van der Waals surface area contributed by atoms with Crippen molar-refractivity contribution in [3.8, 4) is 69.0 Å². The lowest BCUT2D eigenvalue weighted by molar-refractivity contribution is -0.0189. The maximum absolute atomic E-state index is 13.0. The smallest absolute Gasteiger partial charge is 0.344 e. The average molecular weight is 610 g/mol. The monoisotopic (exact) mass is 610 g/mol. The predicted molar refractivity (Wildman–Crippen MR) is 144 cm³/mol. The van der Waals surface area contributed by atoms with Crippen LogP contribution in [0, 0.1) is 0 Å². The highest BCUT2D eigenvalue weighted by molar-refractivity contribution is 5.93. The van der Waals surface area contributed by atoms with Gasteiger partial charge in [0.05, 0.1) is 11.1 Å². The van der Waals surface area contributed by atoms with Gasteiger partial charge in [0.2, 0.25) is 5.75 Å². The maximum atomic E-state index is 13.0. The van der Waals surface area contributed by atoms with E-state index in [1.807, 2.05) is 0 Å². The first-order chi connectivity index (χ1) is 20.7.